The second-order valence-electron chi connectivity index (χ2n) is 6.79. The van der Waals surface area contributed by atoms with Gasteiger partial charge in [-0.05, 0) is 77.8 Å². The standard InChI is InChI=1S/C6H13N.C5H11N.C4H9NO.C4H9N/c1-2-4-6-7-5-3-1;1-2-4-6-5-3-1;1-3-6-4-2-5-1;1-2-4-5-3-1/h7H,1-6H2;6H,1-5H2;5H,1-4H2;5H,1-4H2. The summed E-state index contributed by atoms with van der Waals surface area (Å²) in [6.07, 6.45) is 12.6. The molecule has 0 atom stereocenters. The monoisotopic (exact) mass is 342 g/mol. The summed E-state index contributed by atoms with van der Waals surface area (Å²) in [6.45, 7) is 11.3. The van der Waals surface area contributed by atoms with Crippen LogP contribution in [0.25, 0.3) is 0 Å². The second kappa shape index (κ2) is 19.1. The van der Waals surface area contributed by atoms with Crippen LogP contribution in [0.5, 0.6) is 0 Å². The van der Waals surface area contributed by atoms with Gasteiger partial charge >= 0.3 is 0 Å². The Morgan fingerprint density at radius 3 is 0.875 bits per heavy atom. The van der Waals surface area contributed by atoms with Crippen molar-refractivity contribution in [2.45, 2.75) is 57.8 Å². The Bertz CT molecular complexity index is 167. The van der Waals surface area contributed by atoms with Crippen LogP contribution in [0.1, 0.15) is 57.8 Å². The molecule has 4 N–H and O–H groups in total. The van der Waals surface area contributed by atoms with E-state index in [0.29, 0.717) is 0 Å². The Labute approximate surface area is 150 Å². The predicted molar refractivity (Wildman–Crippen MR) is 104 cm³/mol. The van der Waals surface area contributed by atoms with Crippen LogP contribution in [0.3, 0.4) is 0 Å². The Kier molecular flexibility index (Phi) is 17.4. The Morgan fingerprint density at radius 2 is 0.625 bits per heavy atom. The average molecular weight is 343 g/mol. The Hall–Kier alpha value is -0.200. The average Bonchev–Trinajstić information content (AvgIpc) is 3.14. The molecule has 144 valence electrons. The lowest BCUT2D eigenvalue weighted by atomic mass is 10.2. The van der Waals surface area contributed by atoms with Crippen molar-refractivity contribution >= 4 is 0 Å². The van der Waals surface area contributed by atoms with Crippen LogP contribution in [-0.2, 0) is 4.74 Å². The third-order valence-electron chi connectivity index (χ3n) is 4.47. The summed E-state index contributed by atoms with van der Waals surface area (Å²) >= 11 is 0. The molecule has 4 aliphatic heterocycles. The lowest BCUT2D eigenvalue weighted by molar-refractivity contribution is 0.109. The molecule has 0 amide bonds. The molecule has 4 heterocycles. The van der Waals surface area contributed by atoms with Gasteiger partial charge in [-0.1, -0.05) is 19.3 Å². The van der Waals surface area contributed by atoms with E-state index in [2.05, 4.69) is 21.3 Å². The van der Waals surface area contributed by atoms with Crippen LogP contribution in [0, 0.1) is 0 Å². The van der Waals surface area contributed by atoms with E-state index in [0.717, 1.165) is 26.3 Å². The molecule has 0 aromatic carbocycles. The lowest BCUT2D eigenvalue weighted by Crippen LogP contribution is -2.30. The van der Waals surface area contributed by atoms with Gasteiger partial charge in [0.15, 0.2) is 0 Å². The third-order valence-corrected chi connectivity index (χ3v) is 4.47. The molecule has 0 bridgehead atoms. The molecule has 0 saturated carbocycles. The fourth-order valence-corrected chi connectivity index (χ4v) is 2.92. The van der Waals surface area contributed by atoms with Gasteiger partial charge in [-0.2, -0.15) is 0 Å². The first-order valence-corrected chi connectivity index (χ1v) is 10.4. The van der Waals surface area contributed by atoms with E-state index < -0.39 is 0 Å². The first kappa shape index (κ1) is 21.8. The molecular weight excluding hydrogens is 300 g/mol. The number of hydrogen-bond donors (Lipinski definition) is 4. The quantitative estimate of drug-likeness (QED) is 0.542. The maximum Gasteiger partial charge on any atom is 0.0591 e. The van der Waals surface area contributed by atoms with Gasteiger partial charge in [0.25, 0.3) is 0 Å². The highest BCUT2D eigenvalue weighted by Gasteiger charge is 1.95. The highest BCUT2D eigenvalue weighted by Crippen LogP contribution is 2.00. The van der Waals surface area contributed by atoms with E-state index in [1.54, 1.807) is 0 Å². The highest BCUT2D eigenvalue weighted by atomic mass is 16.5. The van der Waals surface area contributed by atoms with Crippen molar-refractivity contribution in [2.24, 2.45) is 0 Å². The van der Waals surface area contributed by atoms with Gasteiger partial charge in [0.2, 0.25) is 0 Å². The smallest absolute Gasteiger partial charge is 0.0591 e. The zero-order chi connectivity index (χ0) is 17.0. The van der Waals surface area contributed by atoms with Crippen LogP contribution < -0.4 is 21.3 Å². The molecule has 0 aromatic heterocycles. The first-order chi connectivity index (χ1) is 12.0. The molecule has 0 spiro atoms. The van der Waals surface area contributed by atoms with E-state index in [1.165, 1.54) is 97.1 Å². The molecule has 5 nitrogen and oxygen atoms in total. The number of hydrogen-bond acceptors (Lipinski definition) is 5. The predicted octanol–water partition coefficient (Wildman–Crippen LogP) is 1.89. The zero-order valence-corrected chi connectivity index (χ0v) is 15.8. The SMILES string of the molecule is C1CCCNCC1.C1CCNC1.C1CCNCC1.C1COCCN1. The van der Waals surface area contributed by atoms with Crippen LogP contribution >= 0.6 is 0 Å². The molecule has 0 aromatic rings. The van der Waals surface area contributed by atoms with E-state index in [-0.39, 0.29) is 0 Å². The Morgan fingerprint density at radius 1 is 0.333 bits per heavy atom. The van der Waals surface area contributed by atoms with Gasteiger partial charge in [-0.15, -0.1) is 0 Å². The topological polar surface area (TPSA) is 57.3 Å². The van der Waals surface area contributed by atoms with Gasteiger partial charge in [0, 0.05) is 13.1 Å². The summed E-state index contributed by atoms with van der Waals surface area (Å²) in [6, 6.07) is 0. The minimum absolute atomic E-state index is 0.889. The molecule has 0 aliphatic carbocycles. The maximum atomic E-state index is 5.01. The summed E-state index contributed by atoms with van der Waals surface area (Å²) in [7, 11) is 0. The summed E-state index contributed by atoms with van der Waals surface area (Å²) in [5.74, 6) is 0. The van der Waals surface area contributed by atoms with Crippen molar-refractivity contribution in [1.82, 2.24) is 21.3 Å². The van der Waals surface area contributed by atoms with E-state index >= 15 is 0 Å². The lowest BCUT2D eigenvalue weighted by Gasteiger charge is -2.10. The molecule has 4 fully saturated rings. The maximum absolute atomic E-state index is 5.01. The molecule has 5 heteroatoms. The van der Waals surface area contributed by atoms with E-state index in [1.807, 2.05) is 0 Å². The fourth-order valence-electron chi connectivity index (χ4n) is 2.92. The number of nitrogens with one attached hydrogen (secondary N) is 4. The van der Waals surface area contributed by atoms with Crippen LogP contribution in [0.15, 0.2) is 0 Å². The van der Waals surface area contributed by atoms with Crippen LogP contribution in [0.4, 0.5) is 0 Å². The molecule has 4 rings (SSSR count). The van der Waals surface area contributed by atoms with Gasteiger partial charge in [0.05, 0.1) is 13.2 Å². The minimum Gasteiger partial charge on any atom is -0.379 e. The van der Waals surface area contributed by atoms with Crippen LogP contribution in [-0.4, -0.2) is 65.6 Å². The fraction of sp³-hybridized carbons (Fsp3) is 1.00. The largest absolute Gasteiger partial charge is 0.379 e. The van der Waals surface area contributed by atoms with Crippen molar-refractivity contribution in [1.29, 1.82) is 0 Å². The molecular formula is C19H42N4O. The van der Waals surface area contributed by atoms with Crippen molar-refractivity contribution in [2.75, 3.05) is 65.6 Å². The number of morpholine rings is 1. The molecule has 4 aliphatic rings. The molecule has 0 radical (unpaired) electrons. The Balaban J connectivity index is 0.000000161. The molecule has 0 unspecified atom stereocenters. The third kappa shape index (κ3) is 16.7. The van der Waals surface area contributed by atoms with Gasteiger partial charge in [0.1, 0.15) is 0 Å². The summed E-state index contributed by atoms with van der Waals surface area (Å²) in [4.78, 5) is 0. The minimum atomic E-state index is 0.889. The number of piperidine rings is 1. The van der Waals surface area contributed by atoms with Gasteiger partial charge in [-0.3, -0.25) is 0 Å². The van der Waals surface area contributed by atoms with Crippen molar-refractivity contribution < 1.29 is 4.74 Å². The zero-order valence-electron chi connectivity index (χ0n) is 15.8. The van der Waals surface area contributed by atoms with Gasteiger partial charge in [-0.25, -0.2) is 0 Å². The summed E-state index contributed by atoms with van der Waals surface area (Å²) in [5, 5.41) is 13.0. The summed E-state index contributed by atoms with van der Waals surface area (Å²) < 4.78 is 5.01. The first-order valence-electron chi connectivity index (χ1n) is 10.4. The molecule has 24 heavy (non-hydrogen) atoms. The normalized spacial score (nSPS) is 24.0. The van der Waals surface area contributed by atoms with Crippen molar-refractivity contribution in [3.05, 3.63) is 0 Å². The van der Waals surface area contributed by atoms with Gasteiger partial charge < -0.3 is 26.0 Å². The number of ether oxygens (including phenoxy) is 1. The van der Waals surface area contributed by atoms with Crippen molar-refractivity contribution in [3.8, 4) is 0 Å². The van der Waals surface area contributed by atoms with Crippen LogP contribution in [0.2, 0.25) is 0 Å². The van der Waals surface area contributed by atoms with E-state index in [4.69, 9.17) is 4.74 Å². The second-order valence-corrected chi connectivity index (χ2v) is 6.79. The highest BCUT2D eigenvalue weighted by molar-refractivity contribution is 4.56. The van der Waals surface area contributed by atoms with E-state index in [9.17, 15) is 0 Å². The van der Waals surface area contributed by atoms with Crippen molar-refractivity contribution in [3.63, 3.8) is 0 Å². The summed E-state index contributed by atoms with van der Waals surface area (Å²) in [5.41, 5.74) is 0. The molecule has 4 saturated heterocycles. The number of rotatable bonds is 0.